The Labute approximate surface area is 143 Å². The number of nitrogens with one attached hydrogen (secondary N) is 1. The Morgan fingerprint density at radius 1 is 1.19 bits per heavy atom. The Morgan fingerprint density at radius 3 is 2.52 bits per heavy atom. The van der Waals surface area contributed by atoms with E-state index >= 15 is 0 Å². The fraction of sp³-hybridized carbons (Fsp3) is 0.250. The molecule has 0 saturated heterocycles. The first-order valence-electron chi connectivity index (χ1n) is 6.52. The van der Waals surface area contributed by atoms with Gasteiger partial charge in [0.05, 0.1) is 7.11 Å². The zero-order chi connectivity index (χ0) is 15.2. The molecule has 2 rings (SSSR count). The van der Waals surface area contributed by atoms with E-state index in [4.69, 9.17) is 21.1 Å². The van der Waals surface area contributed by atoms with Gasteiger partial charge in [0.1, 0.15) is 6.61 Å². The van der Waals surface area contributed by atoms with Crippen LogP contribution in [0.15, 0.2) is 36.4 Å². The minimum absolute atomic E-state index is 0.492. The second-order valence-electron chi connectivity index (χ2n) is 4.54. The van der Waals surface area contributed by atoms with E-state index in [9.17, 15) is 0 Å². The van der Waals surface area contributed by atoms with Crippen LogP contribution in [0.4, 0.5) is 0 Å². The molecule has 0 aliphatic carbocycles. The Kier molecular flexibility index (Phi) is 6.14. The zero-order valence-corrected chi connectivity index (χ0v) is 14.9. The summed E-state index contributed by atoms with van der Waals surface area (Å²) in [6, 6.07) is 11.9. The summed E-state index contributed by atoms with van der Waals surface area (Å²) in [7, 11) is 3.50. The van der Waals surface area contributed by atoms with Crippen LogP contribution in [-0.2, 0) is 13.2 Å². The Bertz CT molecular complexity index is 602. The smallest absolute Gasteiger partial charge is 0.166 e. The van der Waals surface area contributed by atoms with E-state index in [0.29, 0.717) is 23.9 Å². The Balaban J connectivity index is 2.22. The van der Waals surface area contributed by atoms with Gasteiger partial charge in [0, 0.05) is 26.8 Å². The maximum absolute atomic E-state index is 6.11. The topological polar surface area (TPSA) is 30.5 Å². The Hall–Kier alpha value is -0.980. The van der Waals surface area contributed by atoms with E-state index in [0.717, 1.165) is 16.9 Å². The first-order valence-corrected chi connectivity index (χ1v) is 7.98. The highest BCUT2D eigenvalue weighted by Gasteiger charge is 2.12. The van der Waals surface area contributed by atoms with Gasteiger partial charge in [-0.1, -0.05) is 23.7 Å². The van der Waals surface area contributed by atoms with Gasteiger partial charge in [-0.05, 0) is 53.4 Å². The Morgan fingerprint density at radius 2 is 1.90 bits per heavy atom. The molecule has 0 radical (unpaired) electrons. The number of rotatable bonds is 6. The lowest BCUT2D eigenvalue weighted by atomic mass is 10.1. The molecule has 0 atom stereocenters. The molecule has 0 bridgehead atoms. The predicted octanol–water partition coefficient (Wildman–Crippen LogP) is 4.25. The van der Waals surface area contributed by atoms with Crippen LogP contribution < -0.4 is 14.8 Å². The third-order valence-corrected chi connectivity index (χ3v) is 3.92. The van der Waals surface area contributed by atoms with Crippen molar-refractivity contribution in [1.82, 2.24) is 5.32 Å². The van der Waals surface area contributed by atoms with Crippen molar-refractivity contribution in [3.63, 3.8) is 0 Å². The molecule has 5 heteroatoms. The van der Waals surface area contributed by atoms with Crippen molar-refractivity contribution in [3.05, 3.63) is 56.1 Å². The van der Waals surface area contributed by atoms with Crippen LogP contribution in [0.5, 0.6) is 11.5 Å². The molecule has 3 nitrogen and oxygen atoms in total. The number of methoxy groups -OCH3 is 1. The highest BCUT2D eigenvalue weighted by molar-refractivity contribution is 14.1. The fourth-order valence-corrected chi connectivity index (χ4v) is 2.59. The molecule has 2 aromatic rings. The van der Waals surface area contributed by atoms with E-state index in [1.807, 2.05) is 13.1 Å². The van der Waals surface area contributed by atoms with Crippen molar-refractivity contribution < 1.29 is 9.47 Å². The van der Waals surface area contributed by atoms with Gasteiger partial charge in [0.25, 0.3) is 0 Å². The molecule has 0 amide bonds. The summed E-state index contributed by atoms with van der Waals surface area (Å²) in [6.45, 7) is 1.16. The number of benzene rings is 2. The normalized spacial score (nSPS) is 10.5. The molecule has 0 aliphatic rings. The van der Waals surface area contributed by atoms with Crippen molar-refractivity contribution in [2.45, 2.75) is 13.2 Å². The van der Waals surface area contributed by atoms with Crippen molar-refractivity contribution in [2.75, 3.05) is 14.2 Å². The van der Waals surface area contributed by atoms with Gasteiger partial charge in [-0.15, -0.1) is 0 Å². The summed E-state index contributed by atoms with van der Waals surface area (Å²) < 4.78 is 12.6. The summed E-state index contributed by atoms with van der Waals surface area (Å²) >= 11 is 8.39. The van der Waals surface area contributed by atoms with E-state index in [1.54, 1.807) is 13.2 Å². The summed E-state index contributed by atoms with van der Waals surface area (Å²) in [5, 5.41) is 3.75. The number of ether oxygens (including phenoxy) is 2. The largest absolute Gasteiger partial charge is 0.493 e. The first-order chi connectivity index (χ1) is 10.1. The summed E-state index contributed by atoms with van der Waals surface area (Å²) in [5.41, 5.74) is 2.09. The molecule has 0 spiro atoms. The molecule has 0 saturated carbocycles. The number of hydrogen-bond acceptors (Lipinski definition) is 3. The minimum atomic E-state index is 0.492. The molecule has 0 aromatic heterocycles. The van der Waals surface area contributed by atoms with Crippen molar-refractivity contribution in [3.8, 4) is 11.5 Å². The van der Waals surface area contributed by atoms with Crippen LogP contribution in [0.3, 0.4) is 0 Å². The molecule has 21 heavy (non-hydrogen) atoms. The van der Waals surface area contributed by atoms with Crippen LogP contribution >= 0.6 is 34.2 Å². The summed E-state index contributed by atoms with van der Waals surface area (Å²) in [6.07, 6.45) is 0. The maximum atomic E-state index is 6.11. The van der Waals surface area contributed by atoms with E-state index in [1.165, 1.54) is 3.57 Å². The second-order valence-corrected chi connectivity index (χ2v) is 6.22. The van der Waals surface area contributed by atoms with Crippen molar-refractivity contribution >= 4 is 34.2 Å². The van der Waals surface area contributed by atoms with Gasteiger partial charge in [-0.25, -0.2) is 0 Å². The molecule has 0 unspecified atom stereocenters. The van der Waals surface area contributed by atoms with Gasteiger partial charge in [0.2, 0.25) is 0 Å². The zero-order valence-electron chi connectivity index (χ0n) is 12.0. The average molecular weight is 418 g/mol. The molecule has 2 aromatic carbocycles. The van der Waals surface area contributed by atoms with E-state index < -0.39 is 0 Å². The fourth-order valence-electron chi connectivity index (χ4n) is 2.00. The maximum Gasteiger partial charge on any atom is 0.166 e. The van der Waals surface area contributed by atoms with Crippen LogP contribution in [0.1, 0.15) is 11.1 Å². The van der Waals surface area contributed by atoms with Crippen molar-refractivity contribution in [1.29, 1.82) is 0 Å². The van der Waals surface area contributed by atoms with Gasteiger partial charge >= 0.3 is 0 Å². The molecule has 112 valence electrons. The summed E-state index contributed by atoms with van der Waals surface area (Å²) in [5.74, 6) is 1.38. The van der Waals surface area contributed by atoms with Gasteiger partial charge in [-0.2, -0.15) is 0 Å². The lowest BCUT2D eigenvalue weighted by molar-refractivity contribution is 0.281. The highest BCUT2D eigenvalue weighted by Crippen LogP contribution is 2.35. The third-order valence-electron chi connectivity index (χ3n) is 2.98. The monoisotopic (exact) mass is 417 g/mol. The quantitative estimate of drug-likeness (QED) is 0.713. The van der Waals surface area contributed by atoms with Crippen LogP contribution in [-0.4, -0.2) is 14.2 Å². The SMILES string of the molecule is CNCc1cc(Cl)cc(OC)c1OCc1ccc(I)cc1. The highest BCUT2D eigenvalue weighted by atomic mass is 127. The molecule has 1 N–H and O–H groups in total. The molecule has 0 aliphatic heterocycles. The first kappa shape index (κ1) is 16.4. The van der Waals surface area contributed by atoms with E-state index in [2.05, 4.69) is 52.2 Å². The minimum Gasteiger partial charge on any atom is -0.493 e. The van der Waals surface area contributed by atoms with Gasteiger partial charge in [0.15, 0.2) is 11.5 Å². The average Bonchev–Trinajstić information content (AvgIpc) is 2.47. The predicted molar refractivity (Wildman–Crippen MR) is 94.3 cm³/mol. The van der Waals surface area contributed by atoms with Crippen LogP contribution in [0.25, 0.3) is 0 Å². The van der Waals surface area contributed by atoms with Crippen LogP contribution in [0, 0.1) is 3.57 Å². The number of hydrogen-bond donors (Lipinski definition) is 1. The molecular weight excluding hydrogens is 401 g/mol. The molecule has 0 fully saturated rings. The summed E-state index contributed by atoms with van der Waals surface area (Å²) in [4.78, 5) is 0. The van der Waals surface area contributed by atoms with Crippen molar-refractivity contribution in [2.24, 2.45) is 0 Å². The lowest BCUT2D eigenvalue weighted by Crippen LogP contribution is -2.08. The van der Waals surface area contributed by atoms with E-state index in [-0.39, 0.29) is 0 Å². The second kappa shape index (κ2) is 7.87. The lowest BCUT2D eigenvalue weighted by Gasteiger charge is -2.16. The third kappa shape index (κ3) is 4.49. The number of halogens is 2. The standard InChI is InChI=1S/C16H17ClINO2/c1-19-9-12-7-13(17)8-15(20-2)16(12)21-10-11-3-5-14(18)6-4-11/h3-8,19H,9-10H2,1-2H3. The molecule has 0 heterocycles. The van der Waals surface area contributed by atoms with Crippen LogP contribution in [0.2, 0.25) is 5.02 Å². The molecular formula is C16H17ClINO2. The van der Waals surface area contributed by atoms with Gasteiger partial charge < -0.3 is 14.8 Å². The van der Waals surface area contributed by atoms with Gasteiger partial charge in [-0.3, -0.25) is 0 Å².